The molecule has 0 radical (unpaired) electrons. The summed E-state index contributed by atoms with van der Waals surface area (Å²) in [6, 6.07) is 18.9. The van der Waals surface area contributed by atoms with Crippen molar-refractivity contribution in [1.29, 1.82) is 0 Å². The summed E-state index contributed by atoms with van der Waals surface area (Å²) >= 11 is 0. The molecule has 0 aliphatic rings. The van der Waals surface area contributed by atoms with Crippen LogP contribution in [0.2, 0.25) is 0 Å². The molecule has 0 unspecified atom stereocenters. The monoisotopic (exact) mass is 376 g/mol. The van der Waals surface area contributed by atoms with Gasteiger partial charge in [0.25, 0.3) is 0 Å². The second kappa shape index (κ2) is 8.22. The summed E-state index contributed by atoms with van der Waals surface area (Å²) in [6.07, 6.45) is 0. The molecule has 0 atom stereocenters. The molecular formula is C21H24N6O. The molecule has 0 heterocycles. The highest BCUT2D eigenvalue weighted by Gasteiger charge is 2.11. The van der Waals surface area contributed by atoms with E-state index in [0.717, 1.165) is 17.1 Å². The van der Waals surface area contributed by atoms with Crippen molar-refractivity contribution in [2.75, 3.05) is 36.3 Å². The van der Waals surface area contributed by atoms with Gasteiger partial charge in [-0.3, -0.25) is 0 Å². The van der Waals surface area contributed by atoms with E-state index in [-0.39, 0.29) is 5.84 Å². The molecule has 7 heteroatoms. The average molecular weight is 376 g/mol. The van der Waals surface area contributed by atoms with Gasteiger partial charge in [0.05, 0.1) is 18.5 Å². The fraction of sp³-hybridized carbons (Fsp3) is 0.0952. The van der Waals surface area contributed by atoms with Crippen molar-refractivity contribution < 1.29 is 4.74 Å². The number of hydrogen-bond acceptors (Lipinski definition) is 6. The Morgan fingerprint density at radius 2 is 1.68 bits per heavy atom. The molecule has 0 saturated heterocycles. The Labute approximate surface area is 164 Å². The number of nitrogens with one attached hydrogen (secondary N) is 2. The van der Waals surface area contributed by atoms with Crippen LogP contribution >= 0.6 is 0 Å². The highest BCUT2D eigenvalue weighted by molar-refractivity contribution is 6.04. The zero-order valence-electron chi connectivity index (χ0n) is 15.9. The minimum absolute atomic E-state index is 0.277. The van der Waals surface area contributed by atoms with Gasteiger partial charge in [-0.05, 0) is 36.4 Å². The van der Waals surface area contributed by atoms with Crippen molar-refractivity contribution in [2.24, 2.45) is 10.7 Å². The Kier molecular flexibility index (Phi) is 5.55. The first-order chi connectivity index (χ1) is 13.5. The molecule has 0 saturated carbocycles. The van der Waals surface area contributed by atoms with E-state index in [0.29, 0.717) is 28.4 Å². The fourth-order valence-corrected chi connectivity index (χ4v) is 2.80. The molecule has 7 nitrogen and oxygen atoms in total. The number of ether oxygens (including phenoxy) is 1. The third-order valence-corrected chi connectivity index (χ3v) is 4.25. The van der Waals surface area contributed by atoms with E-state index in [1.807, 2.05) is 48.5 Å². The van der Waals surface area contributed by atoms with Crippen molar-refractivity contribution in [3.8, 4) is 5.75 Å². The summed E-state index contributed by atoms with van der Waals surface area (Å²) in [5.74, 6) is 0.834. The second-order valence-electron chi connectivity index (χ2n) is 6.15. The summed E-state index contributed by atoms with van der Waals surface area (Å²) < 4.78 is 5.40. The molecular weight excluding hydrogens is 352 g/mol. The highest BCUT2D eigenvalue weighted by atomic mass is 16.5. The maximum Gasteiger partial charge on any atom is 0.146 e. The van der Waals surface area contributed by atoms with Gasteiger partial charge >= 0.3 is 0 Å². The number of methoxy groups -OCH3 is 1. The molecule has 3 aromatic rings. The van der Waals surface area contributed by atoms with Gasteiger partial charge in [0.1, 0.15) is 17.3 Å². The number of aliphatic imine (C=N–C) groups is 1. The van der Waals surface area contributed by atoms with E-state index in [1.165, 1.54) is 0 Å². The van der Waals surface area contributed by atoms with E-state index in [2.05, 4.69) is 15.6 Å². The SMILES string of the molecule is CNc1cc(OC)c(N=C(N)c2ccc(Nc3ccccc3)cc2N)cc1N. The number of nitrogens with two attached hydrogens (primary N) is 3. The van der Waals surface area contributed by atoms with Gasteiger partial charge < -0.3 is 32.6 Å². The van der Waals surface area contributed by atoms with Gasteiger partial charge in [0, 0.05) is 35.7 Å². The topological polar surface area (TPSA) is 124 Å². The zero-order valence-corrected chi connectivity index (χ0v) is 15.9. The molecule has 3 rings (SSSR count). The number of rotatable bonds is 6. The summed E-state index contributed by atoms with van der Waals surface area (Å²) in [4.78, 5) is 4.47. The molecule has 0 amide bonds. The molecule has 0 aliphatic heterocycles. The van der Waals surface area contributed by atoms with Crippen LogP contribution in [0.15, 0.2) is 65.7 Å². The summed E-state index contributed by atoms with van der Waals surface area (Å²) in [6.45, 7) is 0. The first-order valence-corrected chi connectivity index (χ1v) is 8.73. The van der Waals surface area contributed by atoms with Crippen LogP contribution in [0.3, 0.4) is 0 Å². The van der Waals surface area contributed by atoms with Gasteiger partial charge in [-0.1, -0.05) is 18.2 Å². The first kappa shape index (κ1) is 18.9. The smallest absolute Gasteiger partial charge is 0.146 e. The zero-order chi connectivity index (χ0) is 20.1. The number of nitrogen functional groups attached to an aromatic ring is 2. The Morgan fingerprint density at radius 1 is 0.929 bits per heavy atom. The number of anilines is 5. The van der Waals surface area contributed by atoms with Crippen molar-refractivity contribution in [3.63, 3.8) is 0 Å². The maximum absolute atomic E-state index is 6.21. The Bertz CT molecular complexity index is 1000. The first-order valence-electron chi connectivity index (χ1n) is 8.73. The molecule has 3 aromatic carbocycles. The van der Waals surface area contributed by atoms with Crippen molar-refractivity contribution in [3.05, 3.63) is 66.2 Å². The maximum atomic E-state index is 6.21. The van der Waals surface area contributed by atoms with Crippen LogP contribution in [0.25, 0.3) is 0 Å². The number of amidine groups is 1. The number of benzene rings is 3. The number of hydrogen-bond donors (Lipinski definition) is 5. The highest BCUT2D eigenvalue weighted by Crippen LogP contribution is 2.35. The quantitative estimate of drug-likeness (QED) is 0.254. The number of para-hydroxylation sites is 1. The van der Waals surface area contributed by atoms with E-state index >= 15 is 0 Å². The average Bonchev–Trinajstić information content (AvgIpc) is 2.69. The second-order valence-corrected chi connectivity index (χ2v) is 6.15. The van der Waals surface area contributed by atoms with Crippen LogP contribution in [0.4, 0.5) is 34.1 Å². The standard InChI is InChI=1S/C21H24N6O/c1-25-18-12-20(28-2)19(11-17(18)23)27-21(24)15-9-8-14(10-16(15)22)26-13-6-4-3-5-7-13/h3-12,25-26H,22-23H2,1-2H3,(H2,24,27). The van der Waals surface area contributed by atoms with Crippen LogP contribution in [0.1, 0.15) is 5.56 Å². The normalized spacial score (nSPS) is 11.1. The minimum Gasteiger partial charge on any atom is -0.494 e. The Morgan fingerprint density at radius 3 is 2.32 bits per heavy atom. The Balaban J connectivity index is 1.90. The van der Waals surface area contributed by atoms with Gasteiger partial charge in [-0.2, -0.15) is 0 Å². The minimum atomic E-state index is 0.277. The molecule has 28 heavy (non-hydrogen) atoms. The van der Waals surface area contributed by atoms with Crippen LogP contribution in [0.5, 0.6) is 5.75 Å². The fourth-order valence-electron chi connectivity index (χ4n) is 2.80. The lowest BCUT2D eigenvalue weighted by atomic mass is 10.1. The van der Waals surface area contributed by atoms with Crippen LogP contribution in [-0.4, -0.2) is 20.0 Å². The van der Waals surface area contributed by atoms with Gasteiger partial charge in [0.15, 0.2) is 0 Å². The predicted molar refractivity (Wildman–Crippen MR) is 118 cm³/mol. The summed E-state index contributed by atoms with van der Waals surface area (Å²) in [7, 11) is 3.35. The van der Waals surface area contributed by atoms with Crippen molar-refractivity contribution >= 4 is 40.0 Å². The lowest BCUT2D eigenvalue weighted by molar-refractivity contribution is 0.416. The molecule has 0 bridgehead atoms. The predicted octanol–water partition coefficient (Wildman–Crippen LogP) is 3.68. The van der Waals surface area contributed by atoms with Crippen LogP contribution in [0, 0.1) is 0 Å². The third kappa shape index (κ3) is 4.09. The molecule has 0 aliphatic carbocycles. The van der Waals surface area contributed by atoms with E-state index in [9.17, 15) is 0 Å². The molecule has 0 spiro atoms. The molecule has 0 aromatic heterocycles. The van der Waals surface area contributed by atoms with Gasteiger partial charge in [0.2, 0.25) is 0 Å². The third-order valence-electron chi connectivity index (χ3n) is 4.25. The van der Waals surface area contributed by atoms with Crippen molar-refractivity contribution in [1.82, 2.24) is 0 Å². The van der Waals surface area contributed by atoms with Gasteiger partial charge in [-0.25, -0.2) is 4.99 Å². The van der Waals surface area contributed by atoms with E-state index in [1.54, 1.807) is 26.3 Å². The van der Waals surface area contributed by atoms with Crippen LogP contribution < -0.4 is 32.6 Å². The Hall–Kier alpha value is -3.87. The number of nitrogens with zero attached hydrogens (tertiary/aromatic N) is 1. The summed E-state index contributed by atoms with van der Waals surface area (Å²) in [5.41, 5.74) is 23.3. The molecule has 8 N–H and O–H groups in total. The molecule has 0 fully saturated rings. The van der Waals surface area contributed by atoms with E-state index in [4.69, 9.17) is 21.9 Å². The molecule has 144 valence electrons. The van der Waals surface area contributed by atoms with Crippen molar-refractivity contribution in [2.45, 2.75) is 0 Å². The lowest BCUT2D eigenvalue weighted by Gasteiger charge is -2.13. The van der Waals surface area contributed by atoms with Crippen LogP contribution in [-0.2, 0) is 0 Å². The lowest BCUT2D eigenvalue weighted by Crippen LogP contribution is -2.15. The van der Waals surface area contributed by atoms with E-state index < -0.39 is 0 Å². The summed E-state index contributed by atoms with van der Waals surface area (Å²) in [5, 5.41) is 6.30. The van der Waals surface area contributed by atoms with Gasteiger partial charge in [-0.15, -0.1) is 0 Å². The largest absolute Gasteiger partial charge is 0.494 e.